The highest BCUT2D eigenvalue weighted by Crippen LogP contribution is 2.12. The molecule has 2 nitrogen and oxygen atoms in total. The van der Waals surface area contributed by atoms with Gasteiger partial charge in [0.15, 0.2) is 0 Å². The van der Waals surface area contributed by atoms with E-state index >= 15 is 0 Å². The third-order valence-corrected chi connectivity index (χ3v) is 3.85. The maximum Gasteiger partial charge on any atom is 0.333 e. The second kappa shape index (κ2) is 15.6. The number of unbranched alkanes of at least 4 members (excludes halogenated alkanes) is 10. The van der Waals surface area contributed by atoms with Crippen LogP contribution in [0.4, 0.5) is 0 Å². The Kier molecular flexibility index (Phi) is 15.0. The van der Waals surface area contributed by atoms with Gasteiger partial charge in [-0.05, 0) is 19.3 Å². The minimum atomic E-state index is -0.183. The molecule has 0 rings (SSSR count). The standard InChI is InChI=1S/C19H36O2/c1-4-6-8-10-12-14-16-18(3)19(20)21-17-15-13-11-9-7-5-2/h3-17H2,1-2H3. The van der Waals surface area contributed by atoms with Gasteiger partial charge in [-0.15, -0.1) is 0 Å². The monoisotopic (exact) mass is 296 g/mol. The average molecular weight is 296 g/mol. The predicted octanol–water partition coefficient (Wildman–Crippen LogP) is 6.20. The normalized spacial score (nSPS) is 10.6. The zero-order valence-electron chi connectivity index (χ0n) is 14.4. The smallest absolute Gasteiger partial charge is 0.333 e. The topological polar surface area (TPSA) is 26.3 Å². The third-order valence-electron chi connectivity index (χ3n) is 3.85. The summed E-state index contributed by atoms with van der Waals surface area (Å²) in [6.45, 7) is 8.85. The van der Waals surface area contributed by atoms with Gasteiger partial charge < -0.3 is 4.74 Å². The van der Waals surface area contributed by atoms with Crippen LogP contribution in [0.25, 0.3) is 0 Å². The molecule has 0 aromatic heterocycles. The molecule has 0 fully saturated rings. The molecular weight excluding hydrogens is 260 g/mol. The van der Waals surface area contributed by atoms with Crippen molar-refractivity contribution in [2.24, 2.45) is 0 Å². The second-order valence-electron chi connectivity index (χ2n) is 6.03. The number of carbonyl (C=O) groups is 1. The molecule has 21 heavy (non-hydrogen) atoms. The van der Waals surface area contributed by atoms with Crippen molar-refractivity contribution < 1.29 is 9.53 Å². The first-order chi connectivity index (χ1) is 10.2. The van der Waals surface area contributed by atoms with Crippen LogP contribution in [0.2, 0.25) is 0 Å². The molecule has 0 aliphatic heterocycles. The Hall–Kier alpha value is -0.790. The molecule has 2 heteroatoms. The van der Waals surface area contributed by atoms with Crippen LogP contribution in [0.1, 0.15) is 97.3 Å². The largest absolute Gasteiger partial charge is 0.462 e. The number of ether oxygens (including phenoxy) is 1. The predicted molar refractivity (Wildman–Crippen MR) is 91.5 cm³/mol. The maximum absolute atomic E-state index is 11.7. The van der Waals surface area contributed by atoms with Crippen LogP contribution in [0.5, 0.6) is 0 Å². The number of hydrogen-bond acceptors (Lipinski definition) is 2. The summed E-state index contributed by atoms with van der Waals surface area (Å²) in [6, 6.07) is 0. The minimum Gasteiger partial charge on any atom is -0.462 e. The van der Waals surface area contributed by atoms with E-state index < -0.39 is 0 Å². The summed E-state index contributed by atoms with van der Waals surface area (Å²) < 4.78 is 5.27. The summed E-state index contributed by atoms with van der Waals surface area (Å²) in [5.74, 6) is -0.183. The van der Waals surface area contributed by atoms with Gasteiger partial charge in [-0.1, -0.05) is 84.6 Å². The average Bonchev–Trinajstić information content (AvgIpc) is 2.49. The summed E-state index contributed by atoms with van der Waals surface area (Å²) >= 11 is 0. The van der Waals surface area contributed by atoms with E-state index in [4.69, 9.17) is 4.74 Å². The fourth-order valence-corrected chi connectivity index (χ4v) is 2.37. The molecule has 0 unspecified atom stereocenters. The van der Waals surface area contributed by atoms with Crippen LogP contribution in [0.3, 0.4) is 0 Å². The van der Waals surface area contributed by atoms with E-state index in [1.165, 1.54) is 57.8 Å². The highest BCUT2D eigenvalue weighted by molar-refractivity contribution is 5.87. The lowest BCUT2D eigenvalue weighted by molar-refractivity contribution is -0.139. The summed E-state index contributed by atoms with van der Waals surface area (Å²) in [5, 5.41) is 0. The lowest BCUT2D eigenvalue weighted by Crippen LogP contribution is -2.08. The van der Waals surface area contributed by atoms with Gasteiger partial charge in [0.2, 0.25) is 0 Å². The Balaban J connectivity index is 3.39. The van der Waals surface area contributed by atoms with Crippen molar-refractivity contribution in [3.05, 3.63) is 12.2 Å². The van der Waals surface area contributed by atoms with Gasteiger partial charge >= 0.3 is 5.97 Å². The van der Waals surface area contributed by atoms with Crippen molar-refractivity contribution in [1.82, 2.24) is 0 Å². The molecule has 0 aromatic carbocycles. The van der Waals surface area contributed by atoms with E-state index in [0.717, 1.165) is 25.7 Å². The molecule has 0 aliphatic carbocycles. The molecule has 0 aromatic rings. The fraction of sp³-hybridized carbons (Fsp3) is 0.842. The summed E-state index contributed by atoms with van der Waals surface area (Å²) in [5.41, 5.74) is 0.650. The van der Waals surface area contributed by atoms with Gasteiger partial charge in [0, 0.05) is 5.57 Å². The summed E-state index contributed by atoms with van der Waals surface area (Å²) in [4.78, 5) is 11.7. The second-order valence-corrected chi connectivity index (χ2v) is 6.03. The van der Waals surface area contributed by atoms with Gasteiger partial charge in [0.25, 0.3) is 0 Å². The first kappa shape index (κ1) is 20.2. The number of esters is 1. The molecule has 0 atom stereocenters. The molecule has 0 heterocycles. The summed E-state index contributed by atoms with van der Waals surface area (Å²) in [7, 11) is 0. The quantitative estimate of drug-likeness (QED) is 0.204. The molecule has 0 saturated carbocycles. The molecule has 0 amide bonds. The first-order valence-corrected chi connectivity index (χ1v) is 9.07. The van der Waals surface area contributed by atoms with Crippen LogP contribution in [0, 0.1) is 0 Å². The zero-order chi connectivity index (χ0) is 15.8. The molecular formula is C19H36O2. The van der Waals surface area contributed by atoms with Gasteiger partial charge in [-0.3, -0.25) is 0 Å². The lowest BCUT2D eigenvalue weighted by Gasteiger charge is -2.07. The molecule has 0 spiro atoms. The van der Waals surface area contributed by atoms with Gasteiger partial charge in [-0.2, -0.15) is 0 Å². The van der Waals surface area contributed by atoms with Crippen LogP contribution in [0.15, 0.2) is 12.2 Å². The molecule has 0 N–H and O–H groups in total. The van der Waals surface area contributed by atoms with E-state index in [1.807, 2.05) is 0 Å². The van der Waals surface area contributed by atoms with Crippen LogP contribution < -0.4 is 0 Å². The van der Waals surface area contributed by atoms with Crippen molar-refractivity contribution in [3.63, 3.8) is 0 Å². The molecule has 0 aliphatic rings. The highest BCUT2D eigenvalue weighted by atomic mass is 16.5. The van der Waals surface area contributed by atoms with E-state index in [9.17, 15) is 4.79 Å². The Bertz CT molecular complexity index is 258. The number of hydrogen-bond donors (Lipinski definition) is 0. The fourth-order valence-electron chi connectivity index (χ4n) is 2.37. The number of rotatable bonds is 15. The third kappa shape index (κ3) is 13.9. The molecule has 0 radical (unpaired) electrons. The first-order valence-electron chi connectivity index (χ1n) is 9.07. The Labute approximate surface area is 132 Å². The van der Waals surface area contributed by atoms with Crippen LogP contribution in [-0.4, -0.2) is 12.6 Å². The number of carbonyl (C=O) groups excluding carboxylic acids is 1. The molecule has 124 valence electrons. The van der Waals surface area contributed by atoms with Crippen LogP contribution >= 0.6 is 0 Å². The van der Waals surface area contributed by atoms with Crippen LogP contribution in [-0.2, 0) is 9.53 Å². The molecule has 0 bridgehead atoms. The van der Waals surface area contributed by atoms with Crippen molar-refractivity contribution in [2.45, 2.75) is 97.3 Å². The van der Waals surface area contributed by atoms with Crippen molar-refractivity contribution >= 4 is 5.97 Å². The Morgan fingerprint density at radius 3 is 1.81 bits per heavy atom. The summed E-state index contributed by atoms with van der Waals surface area (Å²) in [6.07, 6.45) is 15.5. The Morgan fingerprint density at radius 2 is 1.24 bits per heavy atom. The van der Waals surface area contributed by atoms with E-state index in [0.29, 0.717) is 12.2 Å². The molecule has 0 saturated heterocycles. The van der Waals surface area contributed by atoms with E-state index in [2.05, 4.69) is 20.4 Å². The van der Waals surface area contributed by atoms with Gasteiger partial charge in [-0.25, -0.2) is 4.79 Å². The lowest BCUT2D eigenvalue weighted by atomic mass is 10.1. The maximum atomic E-state index is 11.7. The van der Waals surface area contributed by atoms with Crippen molar-refractivity contribution in [3.8, 4) is 0 Å². The highest BCUT2D eigenvalue weighted by Gasteiger charge is 2.07. The van der Waals surface area contributed by atoms with Crippen molar-refractivity contribution in [2.75, 3.05) is 6.61 Å². The Morgan fingerprint density at radius 1 is 0.762 bits per heavy atom. The zero-order valence-corrected chi connectivity index (χ0v) is 14.4. The van der Waals surface area contributed by atoms with Gasteiger partial charge in [0.1, 0.15) is 0 Å². The van der Waals surface area contributed by atoms with E-state index in [1.54, 1.807) is 0 Å². The van der Waals surface area contributed by atoms with E-state index in [-0.39, 0.29) is 5.97 Å². The van der Waals surface area contributed by atoms with Gasteiger partial charge in [0.05, 0.1) is 6.61 Å². The SMILES string of the molecule is C=C(CCCCCCCC)C(=O)OCCCCCCCC. The minimum absolute atomic E-state index is 0.183. The van der Waals surface area contributed by atoms with Crippen molar-refractivity contribution in [1.29, 1.82) is 0 Å².